The maximum atomic E-state index is 13.2. The molecule has 0 fully saturated rings. The van der Waals surface area contributed by atoms with E-state index < -0.39 is 0 Å². The molecule has 0 radical (unpaired) electrons. The molecule has 1 aromatic heterocycles. The van der Waals surface area contributed by atoms with Gasteiger partial charge in [0.05, 0.1) is 23.6 Å². The third-order valence-corrected chi connectivity index (χ3v) is 5.35. The molecule has 0 unspecified atom stereocenters. The largest absolute Gasteiger partial charge is 0.383 e. The van der Waals surface area contributed by atoms with E-state index in [0.717, 1.165) is 5.56 Å². The minimum atomic E-state index is -0.377. The molecule has 0 amide bonds. The van der Waals surface area contributed by atoms with E-state index >= 15 is 0 Å². The molecule has 0 bridgehead atoms. The maximum Gasteiger partial charge on any atom is 0.262 e. The van der Waals surface area contributed by atoms with Crippen molar-refractivity contribution in [1.29, 1.82) is 0 Å². The fourth-order valence-corrected chi connectivity index (χ4v) is 4.13. The minimum absolute atomic E-state index is 0.104. The van der Waals surface area contributed by atoms with Crippen LogP contribution in [0.25, 0.3) is 10.9 Å². The van der Waals surface area contributed by atoms with Crippen molar-refractivity contribution in [2.24, 2.45) is 0 Å². The van der Waals surface area contributed by atoms with E-state index in [9.17, 15) is 9.18 Å². The first kappa shape index (κ1) is 18.9. The second-order valence-electron chi connectivity index (χ2n) is 5.92. The number of rotatable bonds is 6. The predicted molar refractivity (Wildman–Crippen MR) is 104 cm³/mol. The van der Waals surface area contributed by atoms with Crippen molar-refractivity contribution in [3.05, 3.63) is 69.2 Å². The number of aromatic nitrogens is 2. The highest BCUT2D eigenvalue weighted by Crippen LogP contribution is 2.28. The average Bonchev–Trinajstić information content (AvgIpc) is 2.61. The summed E-state index contributed by atoms with van der Waals surface area (Å²) in [5, 5.41) is 1.51. The van der Waals surface area contributed by atoms with Gasteiger partial charge in [0.25, 0.3) is 5.56 Å². The van der Waals surface area contributed by atoms with Gasteiger partial charge >= 0.3 is 0 Å². The predicted octanol–water partition coefficient (Wildman–Crippen LogP) is 4.69. The van der Waals surface area contributed by atoms with E-state index in [-0.39, 0.29) is 17.4 Å². The molecule has 1 atom stereocenters. The summed E-state index contributed by atoms with van der Waals surface area (Å²) in [6.45, 7) is 2.31. The molecule has 26 heavy (non-hydrogen) atoms. The molecular formula is C19H18ClFN2O2S. The summed E-state index contributed by atoms with van der Waals surface area (Å²) in [5.74, 6) is 0.0991. The summed E-state index contributed by atoms with van der Waals surface area (Å²) in [5.41, 5.74) is 1.32. The van der Waals surface area contributed by atoms with Crippen LogP contribution in [-0.2, 0) is 10.5 Å². The smallest absolute Gasteiger partial charge is 0.262 e. The summed E-state index contributed by atoms with van der Waals surface area (Å²) in [7, 11) is 1.60. The zero-order valence-electron chi connectivity index (χ0n) is 14.4. The number of hydrogen-bond donors (Lipinski definition) is 0. The fourth-order valence-electron chi connectivity index (χ4n) is 2.71. The lowest BCUT2D eigenvalue weighted by atomic mass is 10.2. The molecule has 0 aliphatic heterocycles. The topological polar surface area (TPSA) is 44.1 Å². The lowest BCUT2D eigenvalue weighted by molar-refractivity contribution is 0.156. The van der Waals surface area contributed by atoms with Crippen LogP contribution in [0.4, 0.5) is 4.39 Å². The Hall–Kier alpha value is -1.89. The molecule has 0 spiro atoms. The number of benzene rings is 2. The average molecular weight is 393 g/mol. The summed E-state index contributed by atoms with van der Waals surface area (Å²) in [6, 6.07) is 11.4. The van der Waals surface area contributed by atoms with Gasteiger partial charge in [-0.1, -0.05) is 41.6 Å². The molecule has 0 saturated heterocycles. The van der Waals surface area contributed by atoms with Crippen LogP contribution in [-0.4, -0.2) is 23.3 Å². The van der Waals surface area contributed by atoms with Crippen LogP contribution >= 0.6 is 23.4 Å². The number of hydrogen-bond acceptors (Lipinski definition) is 4. The van der Waals surface area contributed by atoms with Gasteiger partial charge in [0.15, 0.2) is 5.16 Å². The molecule has 1 heterocycles. The van der Waals surface area contributed by atoms with Crippen molar-refractivity contribution in [3.63, 3.8) is 0 Å². The standard InChI is InChI=1S/C19H18ClFN2O2S/c1-12(10-25-2)23-18(24)15-5-3-4-6-17(15)22-19(23)26-11-13-7-8-14(21)9-16(13)20/h3-9,12H,10-11H2,1-2H3/t12-/m0/s1. The third kappa shape index (κ3) is 3.92. The molecule has 2 aromatic carbocycles. The lowest BCUT2D eigenvalue weighted by Crippen LogP contribution is -2.28. The van der Waals surface area contributed by atoms with Gasteiger partial charge < -0.3 is 4.74 Å². The van der Waals surface area contributed by atoms with Gasteiger partial charge in [-0.2, -0.15) is 0 Å². The molecule has 4 nitrogen and oxygen atoms in total. The van der Waals surface area contributed by atoms with Crippen LogP contribution in [0.1, 0.15) is 18.5 Å². The van der Waals surface area contributed by atoms with E-state index in [0.29, 0.717) is 33.4 Å². The van der Waals surface area contributed by atoms with Gasteiger partial charge in [-0.05, 0) is 36.8 Å². The monoisotopic (exact) mass is 392 g/mol. The Morgan fingerprint density at radius 1 is 1.31 bits per heavy atom. The molecule has 0 saturated carbocycles. The van der Waals surface area contributed by atoms with Crippen molar-refractivity contribution in [3.8, 4) is 0 Å². The second kappa shape index (κ2) is 8.20. The molecule has 7 heteroatoms. The Kier molecular flexibility index (Phi) is 5.96. The number of nitrogens with zero attached hydrogens (tertiary/aromatic N) is 2. The number of para-hydroxylation sites is 1. The highest BCUT2D eigenvalue weighted by atomic mass is 35.5. The number of halogens is 2. The van der Waals surface area contributed by atoms with E-state index in [2.05, 4.69) is 4.98 Å². The van der Waals surface area contributed by atoms with Gasteiger partial charge in [0.1, 0.15) is 5.82 Å². The van der Waals surface area contributed by atoms with Gasteiger partial charge in [-0.15, -0.1) is 0 Å². The van der Waals surface area contributed by atoms with Crippen molar-refractivity contribution in [2.45, 2.75) is 23.9 Å². The van der Waals surface area contributed by atoms with E-state index in [1.54, 1.807) is 23.8 Å². The third-order valence-electron chi connectivity index (χ3n) is 4.00. The Morgan fingerprint density at radius 3 is 2.81 bits per heavy atom. The van der Waals surface area contributed by atoms with Crippen molar-refractivity contribution in [1.82, 2.24) is 9.55 Å². The van der Waals surface area contributed by atoms with Crippen molar-refractivity contribution in [2.75, 3.05) is 13.7 Å². The van der Waals surface area contributed by atoms with Crippen LogP contribution in [0.5, 0.6) is 0 Å². The first-order chi connectivity index (χ1) is 12.5. The molecule has 3 rings (SSSR count). The Balaban J connectivity index is 2.02. The molecular weight excluding hydrogens is 375 g/mol. The first-order valence-corrected chi connectivity index (χ1v) is 9.44. The van der Waals surface area contributed by atoms with Crippen molar-refractivity contribution >= 4 is 34.3 Å². The quantitative estimate of drug-likeness (QED) is 0.451. The maximum absolute atomic E-state index is 13.2. The SMILES string of the molecule is COC[C@H](C)n1c(SCc2ccc(F)cc2Cl)nc2ccccc2c1=O. The number of fused-ring (bicyclic) bond motifs is 1. The second-order valence-corrected chi connectivity index (χ2v) is 7.27. The fraction of sp³-hybridized carbons (Fsp3) is 0.263. The van der Waals surface area contributed by atoms with Crippen LogP contribution in [0.2, 0.25) is 5.02 Å². The molecule has 3 aromatic rings. The normalized spacial score (nSPS) is 12.5. The molecule has 136 valence electrons. The van der Waals surface area contributed by atoms with Crippen LogP contribution in [0.3, 0.4) is 0 Å². The zero-order valence-corrected chi connectivity index (χ0v) is 16.0. The van der Waals surface area contributed by atoms with Gasteiger partial charge in [-0.3, -0.25) is 9.36 Å². The van der Waals surface area contributed by atoms with Gasteiger partial charge in [0, 0.05) is 17.9 Å². The number of methoxy groups -OCH3 is 1. The summed E-state index contributed by atoms with van der Waals surface area (Å²) in [6.07, 6.45) is 0. The Morgan fingerprint density at radius 2 is 2.08 bits per heavy atom. The van der Waals surface area contributed by atoms with Gasteiger partial charge in [0.2, 0.25) is 0 Å². The lowest BCUT2D eigenvalue weighted by Gasteiger charge is -2.19. The van der Waals surface area contributed by atoms with E-state index in [1.807, 2.05) is 25.1 Å². The summed E-state index contributed by atoms with van der Waals surface area (Å²) >= 11 is 7.50. The van der Waals surface area contributed by atoms with Crippen LogP contribution < -0.4 is 5.56 Å². The molecule has 0 N–H and O–H groups in total. The Labute approximate surface area is 160 Å². The molecule has 0 aliphatic rings. The summed E-state index contributed by atoms with van der Waals surface area (Å²) < 4.78 is 20.1. The van der Waals surface area contributed by atoms with E-state index in [1.165, 1.54) is 23.9 Å². The number of thioether (sulfide) groups is 1. The minimum Gasteiger partial charge on any atom is -0.383 e. The molecule has 0 aliphatic carbocycles. The van der Waals surface area contributed by atoms with Crippen LogP contribution in [0, 0.1) is 5.82 Å². The zero-order chi connectivity index (χ0) is 18.7. The first-order valence-electron chi connectivity index (χ1n) is 8.08. The summed E-state index contributed by atoms with van der Waals surface area (Å²) in [4.78, 5) is 17.6. The van der Waals surface area contributed by atoms with Crippen molar-refractivity contribution < 1.29 is 9.13 Å². The number of ether oxygens (including phenoxy) is 1. The highest BCUT2D eigenvalue weighted by Gasteiger charge is 2.17. The van der Waals surface area contributed by atoms with E-state index in [4.69, 9.17) is 16.3 Å². The van der Waals surface area contributed by atoms with Crippen LogP contribution in [0.15, 0.2) is 52.4 Å². The Bertz CT molecular complexity index is 993. The van der Waals surface area contributed by atoms with Gasteiger partial charge in [-0.25, -0.2) is 9.37 Å². The highest BCUT2D eigenvalue weighted by molar-refractivity contribution is 7.98.